The van der Waals surface area contributed by atoms with Crippen molar-refractivity contribution in [3.63, 3.8) is 0 Å². The van der Waals surface area contributed by atoms with Crippen molar-refractivity contribution in [3.05, 3.63) is 29.8 Å². The third kappa shape index (κ3) is 9.09. The number of rotatable bonds is 9. The summed E-state index contributed by atoms with van der Waals surface area (Å²) in [6.07, 6.45) is 0.917. The molecule has 0 aromatic heterocycles. The number of nitrogens with zero attached hydrogens (tertiary/aromatic N) is 1. The first-order valence-electron chi connectivity index (χ1n) is 7.48. The summed E-state index contributed by atoms with van der Waals surface area (Å²) in [5.41, 5.74) is 1.17. The molecule has 0 aliphatic heterocycles. The van der Waals surface area contributed by atoms with E-state index in [1.54, 1.807) is 7.05 Å². The van der Waals surface area contributed by atoms with E-state index in [-0.39, 0.29) is 24.0 Å². The van der Waals surface area contributed by atoms with Crippen LogP contribution in [0.3, 0.4) is 0 Å². The van der Waals surface area contributed by atoms with Gasteiger partial charge in [-0.25, -0.2) is 0 Å². The van der Waals surface area contributed by atoms with E-state index in [0.717, 1.165) is 37.8 Å². The zero-order valence-electron chi connectivity index (χ0n) is 13.7. The van der Waals surface area contributed by atoms with Crippen LogP contribution in [-0.2, 0) is 4.74 Å². The van der Waals surface area contributed by atoms with Crippen molar-refractivity contribution < 1.29 is 9.47 Å². The molecule has 1 rings (SSSR count). The van der Waals surface area contributed by atoms with Gasteiger partial charge in [-0.05, 0) is 31.9 Å². The summed E-state index contributed by atoms with van der Waals surface area (Å²) in [4.78, 5) is 4.15. The minimum absolute atomic E-state index is 0. The predicted molar refractivity (Wildman–Crippen MR) is 103 cm³/mol. The van der Waals surface area contributed by atoms with E-state index >= 15 is 0 Å². The molecule has 0 fully saturated rings. The fourth-order valence-electron chi connectivity index (χ4n) is 1.79. The number of ether oxygens (including phenoxy) is 2. The third-order valence-electron chi connectivity index (χ3n) is 2.93. The van der Waals surface area contributed by atoms with E-state index in [2.05, 4.69) is 28.6 Å². The highest BCUT2D eigenvalue weighted by atomic mass is 127. The van der Waals surface area contributed by atoms with Gasteiger partial charge >= 0.3 is 0 Å². The topological polar surface area (TPSA) is 54.9 Å². The first-order valence-corrected chi connectivity index (χ1v) is 7.48. The molecule has 0 aliphatic carbocycles. The highest BCUT2D eigenvalue weighted by molar-refractivity contribution is 14.0. The van der Waals surface area contributed by atoms with Gasteiger partial charge in [-0.15, -0.1) is 24.0 Å². The first-order chi connectivity index (χ1) is 10.3. The second kappa shape index (κ2) is 13.6. The van der Waals surface area contributed by atoms with Crippen LogP contribution in [0.2, 0.25) is 0 Å². The van der Waals surface area contributed by atoms with Gasteiger partial charge in [0, 0.05) is 26.7 Å². The van der Waals surface area contributed by atoms with Crippen molar-refractivity contribution in [1.29, 1.82) is 0 Å². The lowest BCUT2D eigenvalue weighted by molar-refractivity contribution is 0.152. The van der Waals surface area contributed by atoms with Crippen molar-refractivity contribution >= 4 is 29.9 Å². The molecule has 0 atom stereocenters. The van der Waals surface area contributed by atoms with Gasteiger partial charge in [0.15, 0.2) is 5.96 Å². The maximum atomic E-state index is 5.75. The number of nitrogens with one attached hydrogen (secondary N) is 2. The van der Waals surface area contributed by atoms with Gasteiger partial charge in [0.05, 0.1) is 13.2 Å². The molecular weight excluding hydrogens is 393 g/mol. The Balaban J connectivity index is 0.00000441. The molecule has 126 valence electrons. The number of hydrogen-bond acceptors (Lipinski definition) is 3. The van der Waals surface area contributed by atoms with Crippen molar-refractivity contribution in [2.45, 2.75) is 20.3 Å². The van der Waals surface area contributed by atoms with Crippen molar-refractivity contribution in [2.24, 2.45) is 4.99 Å². The number of halogens is 1. The Morgan fingerprint density at radius 2 is 1.86 bits per heavy atom. The Kier molecular flexibility index (Phi) is 13.0. The molecule has 0 radical (unpaired) electrons. The normalized spacial score (nSPS) is 10.8. The first kappa shape index (κ1) is 21.0. The second-order valence-corrected chi connectivity index (χ2v) is 4.59. The van der Waals surface area contributed by atoms with Crippen molar-refractivity contribution in [3.8, 4) is 5.75 Å². The van der Waals surface area contributed by atoms with Crippen LogP contribution in [0.15, 0.2) is 29.3 Å². The molecule has 0 spiro atoms. The summed E-state index contributed by atoms with van der Waals surface area (Å²) in [5, 5.41) is 6.45. The fraction of sp³-hybridized carbons (Fsp3) is 0.562. The molecule has 1 aromatic rings. The quantitative estimate of drug-likeness (QED) is 0.279. The Labute approximate surface area is 150 Å². The van der Waals surface area contributed by atoms with Gasteiger partial charge < -0.3 is 20.1 Å². The lowest BCUT2D eigenvalue weighted by Crippen LogP contribution is -2.39. The second-order valence-electron chi connectivity index (χ2n) is 4.59. The van der Waals surface area contributed by atoms with Gasteiger partial charge in [0.1, 0.15) is 5.75 Å². The molecule has 0 aliphatic rings. The maximum Gasteiger partial charge on any atom is 0.191 e. The van der Waals surface area contributed by atoms with Crippen LogP contribution in [0.1, 0.15) is 18.9 Å². The monoisotopic (exact) mass is 421 g/mol. The fourth-order valence-corrected chi connectivity index (χ4v) is 1.79. The minimum atomic E-state index is 0. The number of aryl methyl sites for hydroxylation is 1. The van der Waals surface area contributed by atoms with Gasteiger partial charge in [0.25, 0.3) is 0 Å². The van der Waals surface area contributed by atoms with E-state index < -0.39 is 0 Å². The Morgan fingerprint density at radius 3 is 2.55 bits per heavy atom. The lowest BCUT2D eigenvalue weighted by atomic mass is 10.2. The van der Waals surface area contributed by atoms with Crippen LogP contribution < -0.4 is 15.4 Å². The van der Waals surface area contributed by atoms with Crippen LogP contribution >= 0.6 is 24.0 Å². The summed E-state index contributed by atoms with van der Waals surface area (Å²) < 4.78 is 11.0. The van der Waals surface area contributed by atoms with E-state index in [0.29, 0.717) is 13.2 Å². The molecule has 0 amide bonds. The van der Waals surface area contributed by atoms with E-state index in [9.17, 15) is 0 Å². The number of guanidine groups is 1. The Morgan fingerprint density at radius 1 is 1.14 bits per heavy atom. The summed E-state index contributed by atoms with van der Waals surface area (Å²) in [7, 11) is 1.76. The largest absolute Gasteiger partial charge is 0.493 e. The molecular formula is C16H28IN3O2. The standard InChI is InChI=1S/C16H27N3O2.HI/c1-4-20-13-11-19-16(17-3)18-10-7-12-21-15-9-6-5-8-14(15)2;/h5-6,8-9H,4,7,10-13H2,1-3H3,(H2,17,18,19);1H. The summed E-state index contributed by atoms with van der Waals surface area (Å²) in [5.74, 6) is 1.75. The van der Waals surface area contributed by atoms with Gasteiger partial charge in [0.2, 0.25) is 0 Å². The molecule has 22 heavy (non-hydrogen) atoms. The summed E-state index contributed by atoms with van der Waals surface area (Å²) in [6.45, 7) is 7.73. The highest BCUT2D eigenvalue weighted by Crippen LogP contribution is 2.15. The van der Waals surface area contributed by atoms with Crippen LogP contribution in [0.25, 0.3) is 0 Å². The number of hydrogen-bond donors (Lipinski definition) is 2. The summed E-state index contributed by atoms with van der Waals surface area (Å²) >= 11 is 0. The Hall–Kier alpha value is -1.02. The molecule has 0 saturated carbocycles. The van der Waals surface area contributed by atoms with Gasteiger partial charge in [-0.1, -0.05) is 18.2 Å². The smallest absolute Gasteiger partial charge is 0.191 e. The minimum Gasteiger partial charge on any atom is -0.493 e. The third-order valence-corrected chi connectivity index (χ3v) is 2.93. The molecule has 2 N–H and O–H groups in total. The predicted octanol–water partition coefficient (Wildman–Crippen LogP) is 2.58. The molecule has 5 nitrogen and oxygen atoms in total. The zero-order chi connectivity index (χ0) is 15.3. The van der Waals surface area contributed by atoms with E-state index in [4.69, 9.17) is 9.47 Å². The number of benzene rings is 1. The number of aliphatic imine (C=N–C) groups is 1. The molecule has 6 heteroatoms. The maximum absolute atomic E-state index is 5.75. The van der Waals surface area contributed by atoms with Crippen LogP contribution in [0, 0.1) is 6.92 Å². The molecule has 0 saturated heterocycles. The van der Waals surface area contributed by atoms with Crippen LogP contribution in [0.5, 0.6) is 5.75 Å². The zero-order valence-corrected chi connectivity index (χ0v) is 16.1. The molecule has 0 bridgehead atoms. The lowest BCUT2D eigenvalue weighted by Gasteiger charge is -2.12. The SMILES string of the molecule is CCOCCNC(=NC)NCCCOc1ccccc1C.I. The van der Waals surface area contributed by atoms with Gasteiger partial charge in [-0.2, -0.15) is 0 Å². The Bertz CT molecular complexity index is 428. The molecule has 0 heterocycles. The van der Waals surface area contributed by atoms with Crippen molar-refractivity contribution in [1.82, 2.24) is 10.6 Å². The number of para-hydroxylation sites is 1. The molecule has 0 unspecified atom stereocenters. The highest BCUT2D eigenvalue weighted by Gasteiger charge is 1.99. The average molecular weight is 421 g/mol. The summed E-state index contributed by atoms with van der Waals surface area (Å²) in [6, 6.07) is 8.06. The van der Waals surface area contributed by atoms with E-state index in [1.807, 2.05) is 25.1 Å². The van der Waals surface area contributed by atoms with Crippen LogP contribution in [-0.4, -0.2) is 45.9 Å². The molecule has 1 aromatic carbocycles. The average Bonchev–Trinajstić information content (AvgIpc) is 2.50. The van der Waals surface area contributed by atoms with Crippen LogP contribution in [0.4, 0.5) is 0 Å². The van der Waals surface area contributed by atoms with Gasteiger partial charge in [-0.3, -0.25) is 4.99 Å². The van der Waals surface area contributed by atoms with Crippen molar-refractivity contribution in [2.75, 3.05) is 40.0 Å². The van der Waals surface area contributed by atoms with E-state index in [1.165, 1.54) is 5.56 Å².